The molecule has 3 rings (SSSR count). The number of carbonyl (C=O) groups is 1. The van der Waals surface area contributed by atoms with E-state index in [2.05, 4.69) is 35.3 Å². The molecule has 1 N–H and O–H groups in total. The van der Waals surface area contributed by atoms with Gasteiger partial charge in [-0.2, -0.15) is 0 Å². The summed E-state index contributed by atoms with van der Waals surface area (Å²) < 4.78 is 0. The van der Waals surface area contributed by atoms with Gasteiger partial charge in [-0.3, -0.25) is 4.79 Å². The van der Waals surface area contributed by atoms with E-state index in [1.54, 1.807) is 0 Å². The van der Waals surface area contributed by atoms with Gasteiger partial charge in [-0.05, 0) is 61.6 Å². The predicted molar refractivity (Wildman–Crippen MR) is 96.3 cm³/mol. The third kappa shape index (κ3) is 3.73. The van der Waals surface area contributed by atoms with Crippen molar-refractivity contribution in [1.29, 1.82) is 0 Å². The molecule has 0 spiro atoms. The van der Waals surface area contributed by atoms with Crippen LogP contribution in [0.2, 0.25) is 0 Å². The van der Waals surface area contributed by atoms with Gasteiger partial charge in [0.1, 0.15) is 0 Å². The topological polar surface area (TPSA) is 32.3 Å². The highest BCUT2D eigenvalue weighted by Gasteiger charge is 2.12. The van der Waals surface area contributed by atoms with Crippen molar-refractivity contribution in [3.05, 3.63) is 59.7 Å². The minimum absolute atomic E-state index is 0.0453. The predicted octanol–water partition coefficient (Wildman–Crippen LogP) is 4.49. The van der Waals surface area contributed by atoms with Gasteiger partial charge in [-0.1, -0.05) is 25.1 Å². The number of benzene rings is 2. The van der Waals surface area contributed by atoms with Gasteiger partial charge in [-0.15, -0.1) is 0 Å². The van der Waals surface area contributed by atoms with Crippen molar-refractivity contribution in [2.24, 2.45) is 0 Å². The second-order valence-electron chi connectivity index (χ2n) is 6.06. The lowest BCUT2D eigenvalue weighted by Gasteiger charge is -2.28. The maximum Gasteiger partial charge on any atom is 0.255 e. The molecule has 1 fully saturated rings. The maximum atomic E-state index is 12.4. The Labute approximate surface area is 138 Å². The lowest BCUT2D eigenvalue weighted by Crippen LogP contribution is -2.29. The standard InChI is InChI=1S/C20H24N2O/c1-2-16-8-4-5-9-19(16)21-20(23)17-10-12-18(13-11-17)22-14-6-3-7-15-22/h4-5,8-13H,2-3,6-7,14-15H2,1H3,(H,21,23). The van der Waals surface area contributed by atoms with Crippen LogP contribution in [0.15, 0.2) is 48.5 Å². The van der Waals surface area contributed by atoms with Crippen molar-refractivity contribution in [2.45, 2.75) is 32.6 Å². The van der Waals surface area contributed by atoms with E-state index in [4.69, 9.17) is 0 Å². The molecule has 23 heavy (non-hydrogen) atoms. The fourth-order valence-corrected chi connectivity index (χ4v) is 3.12. The number of hydrogen-bond acceptors (Lipinski definition) is 2. The number of nitrogens with one attached hydrogen (secondary N) is 1. The summed E-state index contributed by atoms with van der Waals surface area (Å²) in [5, 5.41) is 3.02. The number of piperidine rings is 1. The molecule has 2 aromatic rings. The number of carbonyl (C=O) groups excluding carboxylic acids is 1. The molecule has 3 nitrogen and oxygen atoms in total. The highest BCUT2D eigenvalue weighted by molar-refractivity contribution is 6.04. The van der Waals surface area contributed by atoms with E-state index >= 15 is 0 Å². The Morgan fingerprint density at radius 3 is 2.39 bits per heavy atom. The molecule has 1 aliphatic rings. The quantitative estimate of drug-likeness (QED) is 0.902. The summed E-state index contributed by atoms with van der Waals surface area (Å²) in [6, 6.07) is 15.9. The summed E-state index contributed by atoms with van der Waals surface area (Å²) in [7, 11) is 0. The van der Waals surface area contributed by atoms with E-state index in [1.807, 2.05) is 30.3 Å². The van der Waals surface area contributed by atoms with Crippen molar-refractivity contribution < 1.29 is 4.79 Å². The number of para-hydroxylation sites is 1. The van der Waals surface area contributed by atoms with Gasteiger partial charge in [0.25, 0.3) is 5.91 Å². The van der Waals surface area contributed by atoms with E-state index in [-0.39, 0.29) is 5.91 Å². The summed E-state index contributed by atoms with van der Waals surface area (Å²) in [5.74, 6) is -0.0453. The Kier molecular flexibility index (Phi) is 4.96. The Hall–Kier alpha value is -2.29. The molecule has 0 unspecified atom stereocenters. The average Bonchev–Trinajstić information content (AvgIpc) is 2.63. The molecule has 1 aliphatic heterocycles. The number of anilines is 2. The van der Waals surface area contributed by atoms with Crippen LogP contribution >= 0.6 is 0 Å². The SMILES string of the molecule is CCc1ccccc1NC(=O)c1ccc(N2CCCCC2)cc1. The monoisotopic (exact) mass is 308 g/mol. The molecule has 0 aromatic heterocycles. The number of amides is 1. The number of hydrogen-bond donors (Lipinski definition) is 1. The zero-order valence-corrected chi connectivity index (χ0v) is 13.7. The Morgan fingerprint density at radius 2 is 1.70 bits per heavy atom. The first-order chi connectivity index (χ1) is 11.3. The minimum atomic E-state index is -0.0453. The number of nitrogens with zero attached hydrogens (tertiary/aromatic N) is 1. The third-order valence-corrected chi connectivity index (χ3v) is 4.50. The first kappa shape index (κ1) is 15.6. The Morgan fingerprint density at radius 1 is 1.00 bits per heavy atom. The smallest absolute Gasteiger partial charge is 0.255 e. The van der Waals surface area contributed by atoms with E-state index in [9.17, 15) is 4.79 Å². The van der Waals surface area contributed by atoms with Gasteiger partial charge < -0.3 is 10.2 Å². The van der Waals surface area contributed by atoms with Crippen LogP contribution in [0, 0.1) is 0 Å². The van der Waals surface area contributed by atoms with E-state index in [0.717, 1.165) is 30.8 Å². The minimum Gasteiger partial charge on any atom is -0.372 e. The van der Waals surface area contributed by atoms with Crippen LogP contribution in [0.5, 0.6) is 0 Å². The first-order valence-electron chi connectivity index (χ1n) is 8.52. The van der Waals surface area contributed by atoms with Gasteiger partial charge in [0.2, 0.25) is 0 Å². The van der Waals surface area contributed by atoms with Crippen LogP contribution in [0.4, 0.5) is 11.4 Å². The molecule has 0 bridgehead atoms. The lowest BCUT2D eigenvalue weighted by atomic mass is 10.1. The Balaban J connectivity index is 1.70. The van der Waals surface area contributed by atoms with Crippen molar-refractivity contribution in [2.75, 3.05) is 23.3 Å². The van der Waals surface area contributed by atoms with Gasteiger partial charge in [0.05, 0.1) is 0 Å². The van der Waals surface area contributed by atoms with E-state index in [0.29, 0.717) is 5.56 Å². The second-order valence-corrected chi connectivity index (χ2v) is 6.06. The van der Waals surface area contributed by atoms with Crippen LogP contribution in [-0.4, -0.2) is 19.0 Å². The summed E-state index contributed by atoms with van der Waals surface area (Å²) in [6.07, 6.45) is 4.75. The normalized spacial score (nSPS) is 14.6. The summed E-state index contributed by atoms with van der Waals surface area (Å²) in [4.78, 5) is 14.8. The van der Waals surface area contributed by atoms with Crippen molar-refractivity contribution >= 4 is 17.3 Å². The van der Waals surface area contributed by atoms with Gasteiger partial charge in [0.15, 0.2) is 0 Å². The van der Waals surface area contributed by atoms with Crippen LogP contribution < -0.4 is 10.2 Å². The van der Waals surface area contributed by atoms with E-state index < -0.39 is 0 Å². The van der Waals surface area contributed by atoms with Crippen LogP contribution in [0.1, 0.15) is 42.1 Å². The molecule has 2 aromatic carbocycles. The molecule has 0 saturated carbocycles. The second kappa shape index (κ2) is 7.32. The lowest BCUT2D eigenvalue weighted by molar-refractivity contribution is 0.102. The molecular weight excluding hydrogens is 284 g/mol. The highest BCUT2D eigenvalue weighted by atomic mass is 16.1. The fourth-order valence-electron chi connectivity index (χ4n) is 3.12. The van der Waals surface area contributed by atoms with Crippen molar-refractivity contribution in [1.82, 2.24) is 0 Å². The van der Waals surface area contributed by atoms with Crippen molar-refractivity contribution in [3.8, 4) is 0 Å². The fraction of sp³-hybridized carbons (Fsp3) is 0.350. The zero-order chi connectivity index (χ0) is 16.1. The zero-order valence-electron chi connectivity index (χ0n) is 13.7. The van der Waals surface area contributed by atoms with Gasteiger partial charge in [-0.25, -0.2) is 0 Å². The first-order valence-corrected chi connectivity index (χ1v) is 8.52. The number of rotatable bonds is 4. The van der Waals surface area contributed by atoms with E-state index in [1.165, 1.54) is 24.9 Å². The molecule has 3 heteroatoms. The van der Waals surface area contributed by atoms with Gasteiger partial charge in [0, 0.05) is 30.0 Å². The summed E-state index contributed by atoms with van der Waals surface area (Å²) in [6.45, 7) is 4.34. The molecule has 0 atom stereocenters. The third-order valence-electron chi connectivity index (χ3n) is 4.50. The highest BCUT2D eigenvalue weighted by Crippen LogP contribution is 2.21. The van der Waals surface area contributed by atoms with Crippen molar-refractivity contribution in [3.63, 3.8) is 0 Å². The molecule has 0 aliphatic carbocycles. The average molecular weight is 308 g/mol. The van der Waals surface area contributed by atoms with Crippen LogP contribution in [-0.2, 0) is 6.42 Å². The summed E-state index contributed by atoms with van der Waals surface area (Å²) in [5.41, 5.74) is 3.98. The molecule has 1 amide bonds. The van der Waals surface area contributed by atoms with Crippen LogP contribution in [0.3, 0.4) is 0 Å². The molecule has 1 heterocycles. The summed E-state index contributed by atoms with van der Waals surface area (Å²) >= 11 is 0. The number of aryl methyl sites for hydroxylation is 1. The molecular formula is C20H24N2O. The van der Waals surface area contributed by atoms with Gasteiger partial charge >= 0.3 is 0 Å². The molecule has 0 radical (unpaired) electrons. The van der Waals surface area contributed by atoms with Crippen LogP contribution in [0.25, 0.3) is 0 Å². The molecule has 1 saturated heterocycles. The maximum absolute atomic E-state index is 12.4. The largest absolute Gasteiger partial charge is 0.372 e. The Bertz CT molecular complexity index is 658. The molecule has 120 valence electrons.